The number of fused-ring (bicyclic) bond motifs is 1. The van der Waals surface area contributed by atoms with Gasteiger partial charge in [-0.05, 0) is 43.2 Å². The highest BCUT2D eigenvalue weighted by Gasteiger charge is 2.36. The van der Waals surface area contributed by atoms with Crippen molar-refractivity contribution in [3.05, 3.63) is 47.1 Å². The molecule has 0 radical (unpaired) electrons. The molecule has 3 aromatic rings. The quantitative estimate of drug-likeness (QED) is 0.254. The number of amides is 1. The minimum absolute atomic E-state index is 0.0127. The average Bonchev–Trinajstić information content (AvgIpc) is 3.53. The van der Waals surface area contributed by atoms with Crippen molar-refractivity contribution in [1.82, 2.24) is 15.3 Å². The third-order valence-electron chi connectivity index (χ3n) is 8.53. The summed E-state index contributed by atoms with van der Waals surface area (Å²) < 4.78 is 16.7. The van der Waals surface area contributed by atoms with Crippen LogP contribution in [0.25, 0.3) is 22.0 Å². The van der Waals surface area contributed by atoms with Crippen LogP contribution in [0, 0.1) is 11.8 Å². The molecule has 2 aliphatic carbocycles. The molecule has 8 nitrogen and oxygen atoms in total. The molecule has 3 unspecified atom stereocenters. The van der Waals surface area contributed by atoms with E-state index in [1.807, 2.05) is 12.1 Å². The fourth-order valence-corrected chi connectivity index (χ4v) is 7.12. The first-order valence-electron chi connectivity index (χ1n) is 14.0. The highest BCUT2D eigenvalue weighted by atomic mass is 35.5. The van der Waals surface area contributed by atoms with Crippen molar-refractivity contribution in [2.24, 2.45) is 11.8 Å². The lowest BCUT2D eigenvalue weighted by atomic mass is 9.75. The van der Waals surface area contributed by atoms with Crippen molar-refractivity contribution < 1.29 is 19.0 Å². The molecule has 0 bridgehead atoms. The Bertz CT molecular complexity index is 1420. The molecule has 2 aliphatic rings. The highest BCUT2D eigenvalue weighted by molar-refractivity contribution is 6.41. The van der Waals surface area contributed by atoms with Gasteiger partial charge in [0.25, 0.3) is 0 Å². The minimum atomic E-state index is -0.163. The Morgan fingerprint density at radius 2 is 1.61 bits per heavy atom. The summed E-state index contributed by atoms with van der Waals surface area (Å²) >= 11 is 13.4. The second-order valence-electron chi connectivity index (χ2n) is 10.8. The summed E-state index contributed by atoms with van der Waals surface area (Å²) in [5, 5.41) is 8.14. The lowest BCUT2D eigenvalue weighted by Crippen LogP contribution is -2.50. The van der Waals surface area contributed by atoms with Gasteiger partial charge in [-0.1, -0.05) is 55.5 Å². The summed E-state index contributed by atoms with van der Waals surface area (Å²) in [6.45, 7) is 3.62. The van der Waals surface area contributed by atoms with Gasteiger partial charge < -0.3 is 24.8 Å². The molecule has 5 rings (SSSR count). The summed E-state index contributed by atoms with van der Waals surface area (Å²) in [5.74, 6) is 3.13. The first-order chi connectivity index (χ1) is 19.9. The maximum absolute atomic E-state index is 12.2. The zero-order valence-corrected chi connectivity index (χ0v) is 25.1. The standard InChI is InChI=1S/C31H36Cl2N4O4/c1-5-27(38)35-21-11-10-18(17-8-6-7-9-17)13-23(21)37-31-34-16-19-12-20(24(39-2)14-22(19)36-31)28-29(32)25(40-3)15-26(41-4)30(28)33/h5,12,14-18,21,23H,1,6-11,13H2,2-4H3,(H,35,38)(H,34,36,37). The second-order valence-corrected chi connectivity index (χ2v) is 11.5. The Hall–Kier alpha value is -3.23. The Labute approximate surface area is 250 Å². The van der Waals surface area contributed by atoms with Crippen LogP contribution in [0.15, 0.2) is 37.1 Å². The van der Waals surface area contributed by atoms with E-state index < -0.39 is 0 Å². The largest absolute Gasteiger partial charge is 0.496 e. The van der Waals surface area contributed by atoms with Crippen molar-refractivity contribution in [3.8, 4) is 28.4 Å². The van der Waals surface area contributed by atoms with E-state index in [4.69, 9.17) is 42.4 Å². The number of benzene rings is 2. The third kappa shape index (κ3) is 6.04. The predicted octanol–water partition coefficient (Wildman–Crippen LogP) is 7.07. The van der Waals surface area contributed by atoms with Gasteiger partial charge in [0.1, 0.15) is 17.2 Å². The minimum Gasteiger partial charge on any atom is -0.496 e. The fraction of sp³-hybridized carbons (Fsp3) is 0.452. The van der Waals surface area contributed by atoms with Crippen LogP contribution in [0.4, 0.5) is 5.95 Å². The van der Waals surface area contributed by atoms with Crippen molar-refractivity contribution in [3.63, 3.8) is 0 Å². The molecule has 2 N–H and O–H groups in total. The molecule has 0 saturated heterocycles. The van der Waals surface area contributed by atoms with Gasteiger partial charge in [0.15, 0.2) is 0 Å². The number of anilines is 1. The number of carbonyl (C=O) groups excluding carboxylic acids is 1. The monoisotopic (exact) mass is 598 g/mol. The summed E-state index contributed by atoms with van der Waals surface area (Å²) in [6.07, 6.45) is 11.3. The van der Waals surface area contributed by atoms with Gasteiger partial charge in [-0.15, -0.1) is 0 Å². The SMILES string of the molecule is C=CC(=O)NC1CCC(C2CCCC2)CC1Nc1ncc2cc(-c3c(Cl)c(OC)cc(OC)c3Cl)c(OC)cc2n1. The highest BCUT2D eigenvalue weighted by Crippen LogP contribution is 2.49. The number of hydrogen-bond acceptors (Lipinski definition) is 7. The first-order valence-corrected chi connectivity index (χ1v) is 14.8. The molecule has 2 fully saturated rings. The average molecular weight is 600 g/mol. The lowest BCUT2D eigenvalue weighted by molar-refractivity contribution is -0.117. The number of halogens is 2. The molecule has 1 amide bonds. The predicted molar refractivity (Wildman–Crippen MR) is 163 cm³/mol. The van der Waals surface area contributed by atoms with Crippen molar-refractivity contribution >= 4 is 46.0 Å². The van der Waals surface area contributed by atoms with Crippen molar-refractivity contribution in [1.29, 1.82) is 0 Å². The van der Waals surface area contributed by atoms with Crippen LogP contribution in [0.3, 0.4) is 0 Å². The number of nitrogens with zero attached hydrogens (tertiary/aromatic N) is 2. The van der Waals surface area contributed by atoms with E-state index >= 15 is 0 Å². The van der Waals surface area contributed by atoms with Gasteiger partial charge in [-0.2, -0.15) is 0 Å². The fourth-order valence-electron chi connectivity index (χ4n) is 6.42. The summed E-state index contributed by atoms with van der Waals surface area (Å²) in [7, 11) is 4.66. The lowest BCUT2D eigenvalue weighted by Gasteiger charge is -2.39. The maximum Gasteiger partial charge on any atom is 0.243 e. The maximum atomic E-state index is 12.2. The topological polar surface area (TPSA) is 94.6 Å². The first kappa shape index (κ1) is 29.3. The Kier molecular flexibility index (Phi) is 9.09. The summed E-state index contributed by atoms with van der Waals surface area (Å²) in [5.41, 5.74) is 1.89. The number of ether oxygens (including phenoxy) is 3. The van der Waals surface area contributed by atoms with E-state index in [9.17, 15) is 4.79 Å². The summed E-state index contributed by atoms with van der Waals surface area (Å²) in [4.78, 5) is 21.7. The van der Waals surface area contributed by atoms with E-state index in [0.29, 0.717) is 55.8 Å². The number of rotatable bonds is 9. The van der Waals surface area contributed by atoms with Gasteiger partial charge in [0, 0.05) is 46.9 Å². The van der Waals surface area contributed by atoms with E-state index in [1.165, 1.54) is 46.0 Å². The zero-order chi connectivity index (χ0) is 29.1. The van der Waals surface area contributed by atoms with Crippen LogP contribution >= 0.6 is 23.2 Å². The molecule has 2 saturated carbocycles. The number of carbonyl (C=O) groups is 1. The molecule has 2 aromatic carbocycles. The third-order valence-corrected chi connectivity index (χ3v) is 9.28. The van der Waals surface area contributed by atoms with E-state index in [-0.39, 0.29) is 18.0 Å². The van der Waals surface area contributed by atoms with Gasteiger partial charge in [-0.3, -0.25) is 4.79 Å². The molecular formula is C31H36Cl2N4O4. The van der Waals surface area contributed by atoms with Crippen LogP contribution < -0.4 is 24.8 Å². The van der Waals surface area contributed by atoms with Crippen LogP contribution in [0.2, 0.25) is 10.0 Å². The van der Waals surface area contributed by atoms with E-state index in [2.05, 4.69) is 22.2 Å². The molecule has 218 valence electrons. The molecule has 10 heteroatoms. The van der Waals surface area contributed by atoms with E-state index in [1.54, 1.807) is 19.4 Å². The van der Waals surface area contributed by atoms with Crippen LogP contribution in [0.5, 0.6) is 17.2 Å². The zero-order valence-electron chi connectivity index (χ0n) is 23.6. The molecule has 0 spiro atoms. The van der Waals surface area contributed by atoms with Gasteiger partial charge >= 0.3 is 0 Å². The number of nitrogens with one attached hydrogen (secondary N) is 2. The molecule has 41 heavy (non-hydrogen) atoms. The van der Waals surface area contributed by atoms with Crippen LogP contribution in [0.1, 0.15) is 44.9 Å². The Morgan fingerprint density at radius 1 is 0.927 bits per heavy atom. The van der Waals surface area contributed by atoms with Crippen LogP contribution in [-0.4, -0.2) is 49.3 Å². The van der Waals surface area contributed by atoms with E-state index in [0.717, 1.165) is 30.6 Å². The number of hydrogen-bond donors (Lipinski definition) is 2. The Morgan fingerprint density at radius 3 is 2.24 bits per heavy atom. The molecule has 0 aliphatic heterocycles. The van der Waals surface area contributed by atoms with Gasteiger partial charge in [0.2, 0.25) is 11.9 Å². The van der Waals surface area contributed by atoms with Crippen molar-refractivity contribution in [2.75, 3.05) is 26.6 Å². The molecular weight excluding hydrogens is 563 g/mol. The number of aromatic nitrogens is 2. The number of methoxy groups -OCH3 is 3. The second kappa shape index (κ2) is 12.7. The normalized spacial score (nSPS) is 21.0. The molecule has 3 atom stereocenters. The smallest absolute Gasteiger partial charge is 0.243 e. The van der Waals surface area contributed by atoms with Crippen molar-refractivity contribution in [2.45, 2.75) is 57.0 Å². The van der Waals surface area contributed by atoms with Gasteiger partial charge in [-0.25, -0.2) is 9.97 Å². The Balaban J connectivity index is 1.48. The van der Waals surface area contributed by atoms with Crippen LogP contribution in [-0.2, 0) is 4.79 Å². The summed E-state index contributed by atoms with van der Waals surface area (Å²) in [6, 6.07) is 5.37. The molecule has 1 heterocycles. The van der Waals surface area contributed by atoms with Gasteiger partial charge in [0.05, 0.1) is 36.9 Å². The molecule has 1 aromatic heterocycles.